The number of carbonyl (C=O) groups excluding carboxylic acids is 3. The van der Waals surface area contributed by atoms with Crippen LogP contribution in [0.2, 0.25) is 0 Å². The van der Waals surface area contributed by atoms with E-state index in [1.807, 2.05) is 38.1 Å². The van der Waals surface area contributed by atoms with Gasteiger partial charge < -0.3 is 10.6 Å². The molecule has 1 unspecified atom stereocenters. The zero-order valence-electron chi connectivity index (χ0n) is 15.5. The van der Waals surface area contributed by atoms with E-state index in [0.29, 0.717) is 6.42 Å². The van der Waals surface area contributed by atoms with Crippen molar-refractivity contribution in [2.45, 2.75) is 64.0 Å². The van der Waals surface area contributed by atoms with Crippen LogP contribution in [0.25, 0.3) is 0 Å². The molecule has 0 bridgehead atoms. The molecular weight excluding hydrogens is 330 g/mol. The fourth-order valence-electron chi connectivity index (χ4n) is 4.03. The summed E-state index contributed by atoms with van der Waals surface area (Å²) in [7, 11) is 0. The summed E-state index contributed by atoms with van der Waals surface area (Å²) in [5.41, 5.74) is 0.944. The van der Waals surface area contributed by atoms with Crippen LogP contribution < -0.4 is 10.6 Å². The van der Waals surface area contributed by atoms with Crippen LogP contribution in [0.15, 0.2) is 24.3 Å². The summed E-state index contributed by atoms with van der Waals surface area (Å²) in [6.07, 6.45) is 4.94. The molecule has 26 heavy (non-hydrogen) atoms. The van der Waals surface area contributed by atoms with Crippen molar-refractivity contribution in [3.63, 3.8) is 0 Å². The van der Waals surface area contributed by atoms with Gasteiger partial charge in [-0.15, -0.1) is 0 Å². The quantitative estimate of drug-likeness (QED) is 0.795. The Balaban J connectivity index is 1.84. The number of benzene rings is 1. The Morgan fingerprint density at radius 2 is 1.96 bits per heavy atom. The van der Waals surface area contributed by atoms with Gasteiger partial charge in [0.2, 0.25) is 5.91 Å². The van der Waals surface area contributed by atoms with Gasteiger partial charge in [-0.3, -0.25) is 14.5 Å². The fourth-order valence-corrected chi connectivity index (χ4v) is 4.03. The molecule has 4 amide bonds. The number of amides is 4. The van der Waals surface area contributed by atoms with Gasteiger partial charge in [-0.05, 0) is 49.7 Å². The minimum absolute atomic E-state index is 0.0656. The maximum atomic E-state index is 13.2. The number of rotatable bonds is 5. The van der Waals surface area contributed by atoms with Crippen LogP contribution in [0.3, 0.4) is 0 Å². The van der Waals surface area contributed by atoms with Crippen LogP contribution in [-0.2, 0) is 21.5 Å². The van der Waals surface area contributed by atoms with Gasteiger partial charge >= 0.3 is 6.03 Å². The predicted octanol–water partition coefficient (Wildman–Crippen LogP) is 2.46. The lowest BCUT2D eigenvalue weighted by Gasteiger charge is -2.27. The van der Waals surface area contributed by atoms with Gasteiger partial charge in [0.1, 0.15) is 12.1 Å². The zero-order chi connectivity index (χ0) is 18.7. The lowest BCUT2D eigenvalue weighted by atomic mass is 9.84. The van der Waals surface area contributed by atoms with Crippen molar-refractivity contribution in [1.82, 2.24) is 15.5 Å². The Morgan fingerprint density at radius 1 is 1.23 bits per heavy atom. The van der Waals surface area contributed by atoms with Gasteiger partial charge in [0, 0.05) is 6.04 Å². The van der Waals surface area contributed by atoms with Crippen molar-refractivity contribution in [2.75, 3.05) is 6.54 Å². The summed E-state index contributed by atoms with van der Waals surface area (Å²) >= 11 is 0. The molecule has 0 aromatic heterocycles. The minimum atomic E-state index is -1.03. The second-order valence-electron chi connectivity index (χ2n) is 7.17. The molecule has 1 atom stereocenters. The van der Waals surface area contributed by atoms with Gasteiger partial charge in [-0.25, -0.2) is 4.79 Å². The van der Waals surface area contributed by atoms with Crippen LogP contribution in [0.4, 0.5) is 4.79 Å². The summed E-state index contributed by atoms with van der Waals surface area (Å²) in [6.45, 7) is 3.77. The smallest absolute Gasteiger partial charge is 0.325 e. The molecule has 1 aromatic rings. The molecule has 1 fully saturated rings. The number of aryl methyl sites for hydroxylation is 1. The fraction of sp³-hybridized carbons (Fsp3) is 0.550. The summed E-state index contributed by atoms with van der Waals surface area (Å²) in [6, 6.07) is 7.38. The van der Waals surface area contributed by atoms with E-state index in [0.717, 1.165) is 48.1 Å². The first-order chi connectivity index (χ1) is 12.5. The van der Waals surface area contributed by atoms with E-state index in [4.69, 9.17) is 0 Å². The highest BCUT2D eigenvalue weighted by Gasteiger charge is 2.53. The van der Waals surface area contributed by atoms with Gasteiger partial charge in [0.05, 0.1) is 0 Å². The van der Waals surface area contributed by atoms with Gasteiger partial charge in [0.15, 0.2) is 0 Å². The minimum Gasteiger partial charge on any atom is -0.352 e. The SMILES string of the molecule is CCC(CC)NC(=O)CN1C(=O)NC2(CCCCc3ccccc32)C1=O. The number of nitrogens with one attached hydrogen (secondary N) is 2. The van der Waals surface area contributed by atoms with Gasteiger partial charge in [0.25, 0.3) is 5.91 Å². The molecule has 1 aliphatic heterocycles. The first-order valence-electron chi connectivity index (χ1n) is 9.53. The van der Waals surface area contributed by atoms with Crippen LogP contribution in [-0.4, -0.2) is 35.3 Å². The van der Waals surface area contributed by atoms with Crippen LogP contribution in [0, 0.1) is 0 Å². The number of hydrogen-bond acceptors (Lipinski definition) is 3. The van der Waals surface area contributed by atoms with E-state index in [2.05, 4.69) is 10.6 Å². The Bertz CT molecular complexity index is 714. The topological polar surface area (TPSA) is 78.5 Å². The Labute approximate surface area is 154 Å². The molecule has 1 aliphatic carbocycles. The van der Waals surface area contributed by atoms with E-state index >= 15 is 0 Å². The maximum absolute atomic E-state index is 13.2. The summed E-state index contributed by atoms with van der Waals surface area (Å²) < 4.78 is 0. The zero-order valence-corrected chi connectivity index (χ0v) is 15.5. The normalized spacial score (nSPS) is 22.3. The second kappa shape index (κ2) is 7.48. The van der Waals surface area contributed by atoms with Crippen molar-refractivity contribution in [3.05, 3.63) is 35.4 Å². The largest absolute Gasteiger partial charge is 0.352 e. The summed E-state index contributed by atoms with van der Waals surface area (Å²) in [4.78, 5) is 39.2. The van der Waals surface area contributed by atoms with E-state index in [9.17, 15) is 14.4 Å². The highest BCUT2D eigenvalue weighted by Crippen LogP contribution is 2.38. The summed E-state index contributed by atoms with van der Waals surface area (Å²) in [5.74, 6) is -0.599. The second-order valence-corrected chi connectivity index (χ2v) is 7.17. The van der Waals surface area contributed by atoms with E-state index in [1.165, 1.54) is 0 Å². The Kier molecular flexibility index (Phi) is 5.30. The first-order valence-corrected chi connectivity index (χ1v) is 9.53. The van der Waals surface area contributed by atoms with Crippen LogP contribution >= 0.6 is 0 Å². The van der Waals surface area contributed by atoms with Crippen molar-refractivity contribution < 1.29 is 14.4 Å². The number of fused-ring (bicyclic) bond motifs is 2. The number of imide groups is 1. The molecule has 2 aliphatic rings. The Hall–Kier alpha value is -2.37. The molecule has 6 heteroatoms. The van der Waals surface area contributed by atoms with E-state index < -0.39 is 11.6 Å². The molecule has 1 saturated heterocycles. The maximum Gasteiger partial charge on any atom is 0.325 e. The van der Waals surface area contributed by atoms with Crippen molar-refractivity contribution in [3.8, 4) is 0 Å². The van der Waals surface area contributed by atoms with Crippen LogP contribution in [0.5, 0.6) is 0 Å². The molecule has 1 spiro atoms. The Morgan fingerprint density at radius 3 is 2.69 bits per heavy atom. The first kappa shape index (κ1) is 18.4. The number of urea groups is 1. The monoisotopic (exact) mass is 357 g/mol. The van der Waals surface area contributed by atoms with Gasteiger partial charge in [-0.2, -0.15) is 0 Å². The number of hydrogen-bond donors (Lipinski definition) is 2. The number of nitrogens with zero attached hydrogens (tertiary/aromatic N) is 1. The highest BCUT2D eigenvalue weighted by molar-refractivity contribution is 6.09. The van der Waals surface area contributed by atoms with E-state index in [1.54, 1.807) is 0 Å². The van der Waals surface area contributed by atoms with Crippen molar-refractivity contribution in [1.29, 1.82) is 0 Å². The molecule has 6 nitrogen and oxygen atoms in total. The predicted molar refractivity (Wildman–Crippen MR) is 98.4 cm³/mol. The van der Waals surface area contributed by atoms with E-state index in [-0.39, 0.29) is 24.4 Å². The molecule has 1 heterocycles. The van der Waals surface area contributed by atoms with Gasteiger partial charge in [-0.1, -0.05) is 38.1 Å². The third-order valence-electron chi connectivity index (χ3n) is 5.55. The molecular formula is C20H27N3O3. The lowest BCUT2D eigenvalue weighted by molar-refractivity contribution is -0.135. The van der Waals surface area contributed by atoms with Crippen molar-refractivity contribution in [2.24, 2.45) is 0 Å². The third kappa shape index (κ3) is 3.20. The molecule has 2 N–H and O–H groups in total. The third-order valence-corrected chi connectivity index (χ3v) is 5.55. The van der Waals surface area contributed by atoms with Crippen LogP contribution in [0.1, 0.15) is 57.1 Å². The molecule has 140 valence electrons. The highest BCUT2D eigenvalue weighted by atomic mass is 16.2. The average molecular weight is 357 g/mol. The average Bonchev–Trinajstić information content (AvgIpc) is 2.79. The molecule has 1 aromatic carbocycles. The standard InChI is InChI=1S/C20H27N3O3/c1-3-15(4-2)21-17(24)13-23-18(25)20(22-19(23)26)12-8-7-10-14-9-5-6-11-16(14)20/h5-6,9,11,15H,3-4,7-8,10,12-13H2,1-2H3,(H,21,24)(H,22,26). The molecule has 0 radical (unpaired) electrons. The molecule has 0 saturated carbocycles. The lowest BCUT2D eigenvalue weighted by Crippen LogP contribution is -2.46. The molecule has 3 rings (SSSR count). The number of carbonyl (C=O) groups is 3. The summed E-state index contributed by atoms with van der Waals surface area (Å²) in [5, 5.41) is 5.80. The van der Waals surface area contributed by atoms with Crippen molar-refractivity contribution >= 4 is 17.8 Å².